The van der Waals surface area contributed by atoms with E-state index in [9.17, 15) is 19.5 Å². The van der Waals surface area contributed by atoms with E-state index in [-0.39, 0.29) is 35.9 Å². The highest BCUT2D eigenvalue weighted by Gasteiger charge is 2.33. The summed E-state index contributed by atoms with van der Waals surface area (Å²) in [6.07, 6.45) is 15.4. The highest BCUT2D eigenvalue weighted by molar-refractivity contribution is 5.88. The minimum absolute atomic E-state index is 0.00519. The van der Waals surface area contributed by atoms with Gasteiger partial charge < -0.3 is 41.8 Å². The zero-order valence-corrected chi connectivity index (χ0v) is 27.6. The summed E-state index contributed by atoms with van der Waals surface area (Å²) >= 11 is 0. The van der Waals surface area contributed by atoms with Crippen molar-refractivity contribution in [1.29, 1.82) is 0 Å². The van der Waals surface area contributed by atoms with Crippen molar-refractivity contribution >= 4 is 47.2 Å². The number of fused-ring (bicyclic) bond motifs is 2. The number of hydrogen-bond acceptors (Lipinski definition) is 8. The van der Waals surface area contributed by atoms with Gasteiger partial charge in [-0.1, -0.05) is 49.8 Å². The Bertz CT molecular complexity index is 1660. The van der Waals surface area contributed by atoms with Crippen molar-refractivity contribution in [3.8, 4) is 0 Å². The first-order chi connectivity index (χ1) is 23.2. The third-order valence-corrected chi connectivity index (χ3v) is 9.73. The third kappa shape index (κ3) is 9.01. The summed E-state index contributed by atoms with van der Waals surface area (Å²) in [5.74, 6) is 0.335. The number of anilines is 1. The second-order valence-corrected chi connectivity index (χ2v) is 13.3. The van der Waals surface area contributed by atoms with E-state index in [0.717, 1.165) is 72.4 Å². The molecule has 0 saturated heterocycles. The van der Waals surface area contributed by atoms with Crippen molar-refractivity contribution in [2.75, 3.05) is 11.9 Å². The molecule has 0 saturated carbocycles. The lowest BCUT2D eigenvalue weighted by molar-refractivity contribution is -0.131. The maximum Gasteiger partial charge on any atom is 0.328 e. The van der Waals surface area contributed by atoms with Gasteiger partial charge in [-0.15, -0.1) is 0 Å². The number of nitrogens with zero attached hydrogens (tertiary/aromatic N) is 1. The van der Waals surface area contributed by atoms with Crippen LogP contribution in [-0.2, 0) is 20.8 Å². The number of carbonyl (C=O) groups is 3. The Morgan fingerprint density at radius 3 is 2.73 bits per heavy atom. The number of guanidine groups is 1. The average Bonchev–Trinajstić information content (AvgIpc) is 3.59. The number of benzene rings is 2. The van der Waals surface area contributed by atoms with Crippen molar-refractivity contribution in [1.82, 2.24) is 10.3 Å². The molecule has 0 fully saturated rings. The number of nitrogens with two attached hydrogens (primary N) is 2. The molecule has 0 bridgehead atoms. The fourth-order valence-electron chi connectivity index (χ4n) is 7.17. The number of rotatable bonds is 17. The molecule has 0 amide bonds. The molecule has 1 aromatic heterocycles. The first-order valence-electron chi connectivity index (χ1n) is 17.0. The molecule has 2 heterocycles. The number of H-pyrrole nitrogens is 1. The smallest absolute Gasteiger partial charge is 0.328 e. The number of aliphatic carboxylic acids is 1. The van der Waals surface area contributed by atoms with Gasteiger partial charge >= 0.3 is 5.97 Å². The van der Waals surface area contributed by atoms with E-state index in [2.05, 4.69) is 57.0 Å². The average molecular weight is 653 g/mol. The van der Waals surface area contributed by atoms with Gasteiger partial charge in [0.2, 0.25) is 0 Å². The summed E-state index contributed by atoms with van der Waals surface area (Å²) in [4.78, 5) is 42.1. The second kappa shape index (κ2) is 16.4. The van der Waals surface area contributed by atoms with Crippen LogP contribution in [0.1, 0.15) is 74.5 Å². The fourth-order valence-corrected chi connectivity index (χ4v) is 7.17. The molecular weight excluding hydrogens is 604 g/mol. The Kier molecular flexibility index (Phi) is 11.8. The van der Waals surface area contributed by atoms with Gasteiger partial charge in [-0.05, 0) is 102 Å². The van der Waals surface area contributed by atoms with Crippen LogP contribution in [0.15, 0.2) is 71.4 Å². The van der Waals surface area contributed by atoms with Gasteiger partial charge in [0, 0.05) is 37.2 Å². The quantitative estimate of drug-likeness (QED) is 0.0840. The lowest BCUT2D eigenvalue weighted by atomic mass is 9.72. The molecule has 10 nitrogen and oxygen atoms in total. The van der Waals surface area contributed by atoms with E-state index >= 15 is 0 Å². The van der Waals surface area contributed by atoms with E-state index < -0.39 is 5.97 Å². The van der Waals surface area contributed by atoms with Crippen LogP contribution in [0.25, 0.3) is 16.8 Å². The number of aromatic amines is 1. The fraction of sp³-hybridized carbons (Fsp3) is 0.421. The van der Waals surface area contributed by atoms with Crippen molar-refractivity contribution in [3.63, 3.8) is 0 Å². The van der Waals surface area contributed by atoms with Crippen LogP contribution in [0.4, 0.5) is 5.82 Å². The summed E-state index contributed by atoms with van der Waals surface area (Å²) in [7, 11) is 0. The maximum atomic E-state index is 12.2. The van der Waals surface area contributed by atoms with Crippen molar-refractivity contribution in [2.45, 2.75) is 82.3 Å². The van der Waals surface area contributed by atoms with Gasteiger partial charge in [-0.3, -0.25) is 4.99 Å². The van der Waals surface area contributed by atoms with E-state index in [1.54, 1.807) is 0 Å². The molecule has 2 aromatic carbocycles. The van der Waals surface area contributed by atoms with E-state index in [1.807, 2.05) is 31.3 Å². The summed E-state index contributed by atoms with van der Waals surface area (Å²) in [6.45, 7) is 2.44. The first-order valence-corrected chi connectivity index (χ1v) is 17.0. The molecule has 10 heteroatoms. The number of carbonyl (C=O) groups excluding carboxylic acids is 2. The highest BCUT2D eigenvalue weighted by atomic mass is 16.4. The second-order valence-electron chi connectivity index (χ2n) is 13.3. The topological polar surface area (TPSA) is 176 Å². The zero-order valence-electron chi connectivity index (χ0n) is 27.6. The van der Waals surface area contributed by atoms with Crippen LogP contribution in [0.3, 0.4) is 0 Å². The van der Waals surface area contributed by atoms with Crippen LogP contribution < -0.4 is 22.1 Å². The van der Waals surface area contributed by atoms with E-state index in [1.165, 1.54) is 17.2 Å². The normalized spacial score (nSPS) is 21.0. The molecule has 5 rings (SSSR count). The SMILES string of the molecule is CC(C=O)CCC(N)CCCC1c2cc3cc(CC=O)ccc3cc2C=CC1CC(Nc1ccc[nH]1)C(=CC(=O)O)C1CCN=C(N)N1. The molecule has 1 aliphatic carbocycles. The maximum absolute atomic E-state index is 12.2. The monoisotopic (exact) mass is 652 g/mol. The molecule has 254 valence electrons. The summed E-state index contributed by atoms with van der Waals surface area (Å²) < 4.78 is 0. The van der Waals surface area contributed by atoms with Gasteiger partial charge in [0.05, 0.1) is 12.1 Å². The Morgan fingerprint density at radius 2 is 2.00 bits per heavy atom. The van der Waals surface area contributed by atoms with Crippen LogP contribution >= 0.6 is 0 Å². The number of aliphatic imine (C=N–C) groups is 1. The Labute approximate surface area is 282 Å². The number of carboxylic acid groups (broad SMARTS) is 1. The molecule has 0 spiro atoms. The zero-order chi connectivity index (χ0) is 34.0. The molecule has 6 atom stereocenters. The van der Waals surface area contributed by atoms with Crippen LogP contribution in [0.2, 0.25) is 0 Å². The largest absolute Gasteiger partial charge is 0.478 e. The van der Waals surface area contributed by atoms with Gasteiger partial charge in [-0.2, -0.15) is 0 Å². The lowest BCUT2D eigenvalue weighted by Gasteiger charge is -2.36. The van der Waals surface area contributed by atoms with Crippen molar-refractivity contribution in [3.05, 3.63) is 83.1 Å². The minimum Gasteiger partial charge on any atom is -0.478 e. The van der Waals surface area contributed by atoms with Crippen molar-refractivity contribution < 1.29 is 19.5 Å². The molecule has 1 aliphatic heterocycles. The first kappa shape index (κ1) is 34.6. The van der Waals surface area contributed by atoms with E-state index in [4.69, 9.17) is 11.5 Å². The van der Waals surface area contributed by atoms with Crippen LogP contribution in [-0.4, -0.2) is 59.3 Å². The number of allylic oxidation sites excluding steroid dienone is 1. The number of hydrogen-bond donors (Lipinski definition) is 6. The third-order valence-electron chi connectivity index (χ3n) is 9.73. The molecule has 8 N–H and O–H groups in total. The number of aldehydes is 2. The molecule has 6 unspecified atom stereocenters. The molecule has 3 aromatic rings. The van der Waals surface area contributed by atoms with Gasteiger partial charge in [0.1, 0.15) is 18.4 Å². The molecule has 2 aliphatic rings. The minimum atomic E-state index is -1.01. The molecule has 0 radical (unpaired) electrons. The summed E-state index contributed by atoms with van der Waals surface area (Å²) in [5, 5.41) is 19.0. The Hall–Kier alpha value is -4.70. The highest BCUT2D eigenvalue weighted by Crippen LogP contribution is 2.43. The van der Waals surface area contributed by atoms with Gasteiger partial charge in [0.25, 0.3) is 0 Å². The van der Waals surface area contributed by atoms with Crippen molar-refractivity contribution in [2.24, 2.45) is 28.3 Å². The summed E-state index contributed by atoms with van der Waals surface area (Å²) in [6, 6.07) is 13.9. The summed E-state index contributed by atoms with van der Waals surface area (Å²) in [5.41, 5.74) is 16.7. The van der Waals surface area contributed by atoms with E-state index in [0.29, 0.717) is 31.8 Å². The van der Waals surface area contributed by atoms with Crippen LogP contribution in [0, 0.1) is 11.8 Å². The number of nitrogens with one attached hydrogen (secondary N) is 3. The van der Waals surface area contributed by atoms with Gasteiger partial charge in [-0.25, -0.2) is 4.79 Å². The van der Waals surface area contributed by atoms with Gasteiger partial charge in [0.15, 0.2) is 5.96 Å². The predicted octanol–water partition coefficient (Wildman–Crippen LogP) is 5.31. The molecular formula is C38H48N6O4. The van der Waals surface area contributed by atoms with Crippen LogP contribution in [0.5, 0.6) is 0 Å². The standard InChI is InChI=1S/C38H48N6O4/c1-24(23-46)7-12-30(39)4-2-5-31-28(11-10-27-19-26-9-8-25(14-17-45)18-29(26)20-32(27)31)21-35(43-36-6-3-15-41-36)33(22-37(47)48)34-13-16-42-38(40)44-34/h3,6,8-11,15,17-20,22-24,28,30-31,34-35,41,43H,2,4-5,7,12-14,16,21,39H2,1H3,(H,47,48)(H3,40,42,44). The number of aromatic nitrogens is 1. The predicted molar refractivity (Wildman–Crippen MR) is 192 cm³/mol. The Balaban J connectivity index is 1.48. The number of carboxylic acids is 1. The Morgan fingerprint density at radius 1 is 1.15 bits per heavy atom. The lowest BCUT2D eigenvalue weighted by Crippen LogP contribution is -2.48. The molecule has 48 heavy (non-hydrogen) atoms.